The van der Waals surface area contributed by atoms with Crippen LogP contribution in [-0.2, 0) is 11.2 Å². The maximum Gasteiger partial charge on any atom is 0.221 e. The van der Waals surface area contributed by atoms with Gasteiger partial charge >= 0.3 is 0 Å². The molecule has 2 aromatic heterocycles. The Morgan fingerprint density at radius 2 is 2.15 bits per heavy atom. The maximum atomic E-state index is 12.4. The van der Waals surface area contributed by atoms with E-state index in [9.17, 15) is 4.79 Å². The van der Waals surface area contributed by atoms with Gasteiger partial charge in [0.1, 0.15) is 12.2 Å². The summed E-state index contributed by atoms with van der Waals surface area (Å²) in [5, 5.41) is 11.3. The molecule has 1 atom stereocenters. The number of imidazole rings is 1. The van der Waals surface area contributed by atoms with E-state index >= 15 is 0 Å². The fourth-order valence-corrected chi connectivity index (χ4v) is 3.76. The summed E-state index contributed by atoms with van der Waals surface area (Å²) in [5.41, 5.74) is 1.93. The van der Waals surface area contributed by atoms with Crippen LogP contribution in [0.2, 0.25) is 0 Å². The van der Waals surface area contributed by atoms with E-state index in [4.69, 9.17) is 0 Å². The third-order valence-corrected chi connectivity index (χ3v) is 5.11. The highest BCUT2D eigenvalue weighted by Crippen LogP contribution is 2.31. The van der Waals surface area contributed by atoms with E-state index in [0.29, 0.717) is 18.9 Å². The minimum atomic E-state index is -0.152. The topological polar surface area (TPSA) is 88.5 Å². The van der Waals surface area contributed by atoms with Crippen molar-refractivity contribution in [1.82, 2.24) is 30.0 Å². The lowest BCUT2D eigenvalue weighted by Crippen LogP contribution is -2.29. The molecule has 2 N–H and O–H groups in total. The summed E-state index contributed by atoms with van der Waals surface area (Å²) in [5.74, 6) is 1.68. The molecule has 1 saturated carbocycles. The number of carbonyl (C=O) groups excluding carboxylic acids is 1. The minimum absolute atomic E-state index is 0.000993. The molecule has 0 spiro atoms. The normalized spacial score (nSPS) is 16.2. The Kier molecular flexibility index (Phi) is 4.69. The molecule has 4 rings (SSSR count). The minimum Gasteiger partial charge on any atom is -0.346 e. The maximum absolute atomic E-state index is 12.4. The number of aromatic nitrogens is 5. The van der Waals surface area contributed by atoms with E-state index in [0.717, 1.165) is 35.5 Å². The van der Waals surface area contributed by atoms with Crippen molar-refractivity contribution in [2.45, 2.75) is 57.5 Å². The molecule has 2 heterocycles. The number of para-hydroxylation sites is 2. The van der Waals surface area contributed by atoms with Gasteiger partial charge in [-0.15, -0.1) is 10.2 Å². The first-order chi connectivity index (χ1) is 12.7. The Labute approximate surface area is 152 Å². The highest BCUT2D eigenvalue weighted by Gasteiger charge is 2.23. The molecular weight excluding hydrogens is 328 g/mol. The fraction of sp³-hybridized carbons (Fsp3) is 0.474. The van der Waals surface area contributed by atoms with Crippen molar-refractivity contribution in [3.63, 3.8) is 0 Å². The Balaban J connectivity index is 1.35. The van der Waals surface area contributed by atoms with Crippen molar-refractivity contribution >= 4 is 16.9 Å². The third-order valence-electron chi connectivity index (χ3n) is 5.11. The molecule has 1 amide bonds. The van der Waals surface area contributed by atoms with Gasteiger partial charge in [0.25, 0.3) is 0 Å². The lowest BCUT2D eigenvalue weighted by atomic mass is 10.2. The van der Waals surface area contributed by atoms with Gasteiger partial charge in [-0.1, -0.05) is 25.0 Å². The van der Waals surface area contributed by atoms with Gasteiger partial charge in [-0.25, -0.2) is 4.98 Å². The summed E-state index contributed by atoms with van der Waals surface area (Å²) >= 11 is 0. The highest BCUT2D eigenvalue weighted by atomic mass is 16.1. The van der Waals surface area contributed by atoms with Crippen LogP contribution in [0, 0.1) is 0 Å². The molecule has 1 aromatic carbocycles. The molecule has 136 valence electrons. The molecule has 7 nitrogen and oxygen atoms in total. The zero-order valence-corrected chi connectivity index (χ0v) is 15.0. The van der Waals surface area contributed by atoms with E-state index in [-0.39, 0.29) is 11.9 Å². The van der Waals surface area contributed by atoms with Crippen molar-refractivity contribution in [1.29, 1.82) is 0 Å². The van der Waals surface area contributed by atoms with Crippen molar-refractivity contribution in [2.24, 2.45) is 0 Å². The fourth-order valence-electron chi connectivity index (χ4n) is 3.76. The van der Waals surface area contributed by atoms with Crippen LogP contribution >= 0.6 is 0 Å². The number of hydrogen-bond acceptors (Lipinski definition) is 4. The quantitative estimate of drug-likeness (QED) is 0.713. The molecule has 3 aromatic rings. The van der Waals surface area contributed by atoms with Crippen molar-refractivity contribution < 1.29 is 4.79 Å². The first kappa shape index (κ1) is 16.8. The summed E-state index contributed by atoms with van der Waals surface area (Å²) in [4.78, 5) is 20.1. The molecule has 0 radical (unpaired) electrons. The zero-order valence-electron chi connectivity index (χ0n) is 15.0. The van der Waals surface area contributed by atoms with Crippen LogP contribution < -0.4 is 5.32 Å². The number of rotatable bonds is 6. The molecule has 0 saturated heterocycles. The average molecular weight is 352 g/mol. The number of benzene rings is 1. The summed E-state index contributed by atoms with van der Waals surface area (Å²) in [7, 11) is 0. The Hall–Kier alpha value is -2.70. The van der Waals surface area contributed by atoms with Gasteiger partial charge in [-0.2, -0.15) is 0 Å². The molecule has 1 fully saturated rings. The van der Waals surface area contributed by atoms with Gasteiger partial charge < -0.3 is 14.9 Å². The Morgan fingerprint density at radius 1 is 1.35 bits per heavy atom. The largest absolute Gasteiger partial charge is 0.346 e. The van der Waals surface area contributed by atoms with E-state index in [1.54, 1.807) is 6.33 Å². The molecule has 7 heteroatoms. The van der Waals surface area contributed by atoms with E-state index < -0.39 is 0 Å². The van der Waals surface area contributed by atoms with Crippen LogP contribution in [0.5, 0.6) is 0 Å². The van der Waals surface area contributed by atoms with Crippen LogP contribution in [0.1, 0.15) is 62.8 Å². The van der Waals surface area contributed by atoms with Crippen LogP contribution in [-0.4, -0.2) is 30.6 Å². The second kappa shape index (κ2) is 7.27. The lowest BCUT2D eigenvalue weighted by Gasteiger charge is -2.18. The summed E-state index contributed by atoms with van der Waals surface area (Å²) in [6.07, 6.45) is 7.60. The first-order valence-corrected chi connectivity index (χ1v) is 9.33. The molecule has 0 bridgehead atoms. The molecule has 1 aliphatic rings. The highest BCUT2D eigenvalue weighted by molar-refractivity contribution is 5.77. The van der Waals surface area contributed by atoms with Gasteiger partial charge in [0.05, 0.1) is 17.1 Å². The van der Waals surface area contributed by atoms with Crippen molar-refractivity contribution in [2.75, 3.05) is 0 Å². The van der Waals surface area contributed by atoms with Gasteiger partial charge in [0, 0.05) is 18.9 Å². The SMILES string of the molecule is C[C@H](NC(=O)CCc1nc2ccccc2[nH]1)c1nncn1C1CCCC1. The number of carbonyl (C=O) groups is 1. The number of aryl methyl sites for hydroxylation is 1. The summed E-state index contributed by atoms with van der Waals surface area (Å²) in [6, 6.07) is 8.20. The summed E-state index contributed by atoms with van der Waals surface area (Å²) < 4.78 is 2.14. The second-order valence-corrected chi connectivity index (χ2v) is 7.02. The predicted octanol–water partition coefficient (Wildman–Crippen LogP) is 3.08. The van der Waals surface area contributed by atoms with Crippen LogP contribution in [0.4, 0.5) is 0 Å². The molecule has 1 aliphatic carbocycles. The smallest absolute Gasteiger partial charge is 0.221 e. The predicted molar refractivity (Wildman–Crippen MR) is 98.5 cm³/mol. The molecule has 0 unspecified atom stereocenters. The van der Waals surface area contributed by atoms with E-state index in [2.05, 4.69) is 30.0 Å². The molecule has 26 heavy (non-hydrogen) atoms. The monoisotopic (exact) mass is 352 g/mol. The molecular formula is C19H24N6O. The van der Waals surface area contributed by atoms with Gasteiger partial charge in [-0.05, 0) is 31.9 Å². The molecule has 0 aliphatic heterocycles. The van der Waals surface area contributed by atoms with E-state index in [1.807, 2.05) is 31.2 Å². The van der Waals surface area contributed by atoms with Gasteiger partial charge in [0.2, 0.25) is 5.91 Å². The Morgan fingerprint density at radius 3 is 2.96 bits per heavy atom. The number of nitrogens with zero attached hydrogens (tertiary/aromatic N) is 4. The standard InChI is InChI=1S/C19H24N6O/c1-13(19-24-20-12-25(19)14-6-2-3-7-14)21-18(26)11-10-17-22-15-8-4-5-9-16(15)23-17/h4-5,8-9,12-14H,2-3,6-7,10-11H2,1H3,(H,21,26)(H,22,23)/t13-/m0/s1. The van der Waals surface area contributed by atoms with Gasteiger partial charge in [-0.3, -0.25) is 4.79 Å². The first-order valence-electron chi connectivity index (χ1n) is 9.33. The van der Waals surface area contributed by atoms with E-state index in [1.165, 1.54) is 12.8 Å². The third kappa shape index (κ3) is 3.47. The zero-order chi connectivity index (χ0) is 17.9. The van der Waals surface area contributed by atoms with Crippen LogP contribution in [0.15, 0.2) is 30.6 Å². The Bertz CT molecular complexity index is 859. The number of fused-ring (bicyclic) bond motifs is 1. The van der Waals surface area contributed by atoms with Crippen LogP contribution in [0.25, 0.3) is 11.0 Å². The number of aromatic amines is 1. The number of nitrogens with one attached hydrogen (secondary N) is 2. The summed E-state index contributed by atoms with van der Waals surface area (Å²) in [6.45, 7) is 1.97. The average Bonchev–Trinajstić information content (AvgIpc) is 3.38. The number of amides is 1. The number of hydrogen-bond donors (Lipinski definition) is 2. The van der Waals surface area contributed by atoms with Crippen molar-refractivity contribution in [3.05, 3.63) is 42.2 Å². The van der Waals surface area contributed by atoms with Gasteiger partial charge in [0.15, 0.2) is 5.82 Å². The lowest BCUT2D eigenvalue weighted by molar-refractivity contribution is -0.121. The number of H-pyrrole nitrogens is 1. The second-order valence-electron chi connectivity index (χ2n) is 7.02. The van der Waals surface area contributed by atoms with Crippen molar-refractivity contribution in [3.8, 4) is 0 Å². The van der Waals surface area contributed by atoms with Crippen LogP contribution in [0.3, 0.4) is 0 Å².